The molecule has 3 heterocycles. The van der Waals surface area contributed by atoms with Crippen LogP contribution in [0.3, 0.4) is 0 Å². The average molecular weight is 580 g/mol. The molecule has 3 aliphatic rings. The van der Waals surface area contributed by atoms with Crippen molar-refractivity contribution in [2.75, 3.05) is 26.2 Å². The van der Waals surface area contributed by atoms with Crippen LogP contribution in [0.15, 0.2) is 65.7 Å². The van der Waals surface area contributed by atoms with E-state index < -0.39 is 5.41 Å². The van der Waals surface area contributed by atoms with Gasteiger partial charge in [0.1, 0.15) is 5.82 Å². The van der Waals surface area contributed by atoms with Gasteiger partial charge in [-0.25, -0.2) is 4.39 Å². The summed E-state index contributed by atoms with van der Waals surface area (Å²) in [5.41, 5.74) is 4.09. The van der Waals surface area contributed by atoms with E-state index in [-0.39, 0.29) is 36.3 Å². The predicted molar refractivity (Wildman–Crippen MR) is 160 cm³/mol. The molecule has 3 aromatic rings. The molecule has 2 saturated heterocycles. The van der Waals surface area contributed by atoms with E-state index in [9.17, 15) is 9.18 Å². The van der Waals surface area contributed by atoms with Crippen molar-refractivity contribution in [3.05, 3.63) is 98.8 Å². The molecule has 2 N–H and O–H groups in total. The van der Waals surface area contributed by atoms with Crippen LogP contribution in [0.1, 0.15) is 53.5 Å². The van der Waals surface area contributed by atoms with Gasteiger partial charge in [0, 0.05) is 28.2 Å². The maximum atomic E-state index is 14.9. The van der Waals surface area contributed by atoms with Gasteiger partial charge < -0.3 is 10.6 Å². The highest BCUT2D eigenvalue weighted by molar-refractivity contribution is 6.31. The first-order valence-electron chi connectivity index (χ1n) is 14.0. The summed E-state index contributed by atoms with van der Waals surface area (Å²) in [7, 11) is 0. The van der Waals surface area contributed by atoms with E-state index in [1.165, 1.54) is 6.07 Å². The van der Waals surface area contributed by atoms with E-state index in [1.807, 2.05) is 55.6 Å². The SMILES string of the molecule is Cc1ccc(F)cc1[C@H]1N(CC(=O)NC2CCNCC2)CC[C@@H](c2cccc(Cl)c2)[C@]12C=Nc1cc(Cl)ccc12. The van der Waals surface area contributed by atoms with Crippen LogP contribution in [-0.4, -0.2) is 49.2 Å². The first-order chi connectivity index (χ1) is 19.3. The van der Waals surface area contributed by atoms with Gasteiger partial charge in [0.05, 0.1) is 23.7 Å². The lowest BCUT2D eigenvalue weighted by molar-refractivity contribution is -0.124. The molecule has 8 heteroatoms. The van der Waals surface area contributed by atoms with E-state index in [0.717, 1.165) is 60.3 Å². The molecule has 0 aromatic heterocycles. The topological polar surface area (TPSA) is 56.7 Å². The minimum atomic E-state index is -0.670. The van der Waals surface area contributed by atoms with Crippen LogP contribution < -0.4 is 10.6 Å². The number of likely N-dealkylation sites (tertiary alicyclic amines) is 1. The Balaban J connectivity index is 1.49. The van der Waals surface area contributed by atoms with Crippen LogP contribution in [0.25, 0.3) is 0 Å². The fourth-order valence-electron chi connectivity index (χ4n) is 6.99. The van der Waals surface area contributed by atoms with Crippen molar-refractivity contribution in [3.8, 4) is 0 Å². The Morgan fingerprint density at radius 1 is 1.07 bits per heavy atom. The van der Waals surface area contributed by atoms with Crippen molar-refractivity contribution in [3.63, 3.8) is 0 Å². The first kappa shape index (κ1) is 27.4. The Bertz CT molecular complexity index is 1460. The Morgan fingerprint density at radius 3 is 2.67 bits per heavy atom. The van der Waals surface area contributed by atoms with Crippen molar-refractivity contribution in [1.82, 2.24) is 15.5 Å². The number of nitrogens with zero attached hydrogens (tertiary/aromatic N) is 2. The summed E-state index contributed by atoms with van der Waals surface area (Å²) in [6, 6.07) is 18.6. The Hall–Kier alpha value is -2.77. The molecule has 0 bridgehead atoms. The van der Waals surface area contributed by atoms with E-state index in [2.05, 4.69) is 21.6 Å². The Labute approximate surface area is 244 Å². The van der Waals surface area contributed by atoms with Gasteiger partial charge in [-0.1, -0.05) is 47.5 Å². The van der Waals surface area contributed by atoms with Crippen LogP contribution in [0.4, 0.5) is 10.1 Å². The van der Waals surface area contributed by atoms with Crippen molar-refractivity contribution < 1.29 is 9.18 Å². The van der Waals surface area contributed by atoms with Gasteiger partial charge in [0.25, 0.3) is 0 Å². The molecule has 0 saturated carbocycles. The highest BCUT2D eigenvalue weighted by atomic mass is 35.5. The van der Waals surface area contributed by atoms with Crippen LogP contribution in [0, 0.1) is 12.7 Å². The molecule has 6 rings (SSSR count). The van der Waals surface area contributed by atoms with Gasteiger partial charge in [-0.3, -0.25) is 14.7 Å². The number of piperidine rings is 2. The summed E-state index contributed by atoms with van der Waals surface area (Å²) < 4.78 is 14.9. The Morgan fingerprint density at radius 2 is 1.88 bits per heavy atom. The summed E-state index contributed by atoms with van der Waals surface area (Å²) in [5, 5.41) is 7.89. The number of halogens is 3. The molecule has 0 radical (unpaired) electrons. The number of amides is 1. The molecule has 2 fully saturated rings. The first-order valence-corrected chi connectivity index (χ1v) is 14.7. The summed E-state index contributed by atoms with van der Waals surface area (Å²) in [5.74, 6) is -0.312. The second-order valence-corrected chi connectivity index (χ2v) is 12.1. The molecule has 40 heavy (non-hydrogen) atoms. The van der Waals surface area contributed by atoms with Crippen molar-refractivity contribution >= 4 is 41.0 Å². The lowest BCUT2D eigenvalue weighted by Crippen LogP contribution is -2.56. The third kappa shape index (κ3) is 5.07. The largest absolute Gasteiger partial charge is 0.352 e. The summed E-state index contributed by atoms with van der Waals surface area (Å²) >= 11 is 12.9. The lowest BCUT2D eigenvalue weighted by Gasteiger charge is -2.52. The van der Waals surface area contributed by atoms with E-state index in [0.29, 0.717) is 16.6 Å². The van der Waals surface area contributed by atoms with E-state index >= 15 is 0 Å². The number of nitrogens with one attached hydrogen (secondary N) is 2. The van der Waals surface area contributed by atoms with Crippen LogP contribution in [-0.2, 0) is 10.2 Å². The third-order valence-electron chi connectivity index (χ3n) is 8.78. The molecule has 3 aliphatic heterocycles. The molecule has 3 atom stereocenters. The molecule has 5 nitrogen and oxygen atoms in total. The van der Waals surface area contributed by atoms with Crippen molar-refractivity contribution in [2.24, 2.45) is 4.99 Å². The van der Waals surface area contributed by atoms with Gasteiger partial charge in [-0.2, -0.15) is 0 Å². The zero-order chi connectivity index (χ0) is 27.9. The van der Waals surface area contributed by atoms with E-state index in [4.69, 9.17) is 28.2 Å². The quantitative estimate of drug-likeness (QED) is 0.363. The minimum absolute atomic E-state index is 0.00577. The van der Waals surface area contributed by atoms with Crippen LogP contribution in [0.5, 0.6) is 0 Å². The van der Waals surface area contributed by atoms with E-state index in [1.54, 1.807) is 6.07 Å². The number of fused-ring (bicyclic) bond motifs is 2. The van der Waals surface area contributed by atoms with Gasteiger partial charge in [0.2, 0.25) is 5.91 Å². The molecule has 1 amide bonds. The van der Waals surface area contributed by atoms with Gasteiger partial charge in [-0.05, 0) is 104 Å². The summed E-state index contributed by atoms with van der Waals surface area (Å²) in [6.45, 7) is 4.69. The standard InChI is InChI=1S/C32H33Cl2FN4O/c1-20-5-7-24(35)17-26(20)31-32(19-37-29-16-23(34)6-8-28(29)32)27(21-3-2-4-22(33)15-21)11-14-39(31)18-30(40)38-25-9-12-36-13-10-25/h2-8,15-17,19,25,27,31,36H,9-14,18H2,1H3,(H,38,40)/t27-,31+,32-/m0/s1. The van der Waals surface area contributed by atoms with Gasteiger partial charge in [-0.15, -0.1) is 0 Å². The number of rotatable bonds is 5. The number of hydrogen-bond donors (Lipinski definition) is 2. The molecular formula is C32H33Cl2FN4O. The van der Waals surface area contributed by atoms with Crippen molar-refractivity contribution in [1.29, 1.82) is 0 Å². The summed E-state index contributed by atoms with van der Waals surface area (Å²) in [4.78, 5) is 20.6. The Kier molecular flexibility index (Phi) is 7.71. The third-order valence-corrected chi connectivity index (χ3v) is 9.25. The fourth-order valence-corrected chi connectivity index (χ4v) is 7.36. The predicted octanol–water partition coefficient (Wildman–Crippen LogP) is 6.49. The van der Waals surface area contributed by atoms with Crippen LogP contribution in [0.2, 0.25) is 10.0 Å². The second kappa shape index (κ2) is 11.2. The molecule has 3 aromatic carbocycles. The average Bonchev–Trinajstić information content (AvgIpc) is 3.29. The smallest absolute Gasteiger partial charge is 0.234 e. The second-order valence-electron chi connectivity index (χ2n) is 11.2. The number of aryl methyl sites for hydroxylation is 1. The number of aliphatic imine (C=N–C) groups is 1. The number of hydrogen-bond acceptors (Lipinski definition) is 4. The molecule has 1 spiro atoms. The normalized spacial score (nSPS) is 24.8. The monoisotopic (exact) mass is 578 g/mol. The lowest BCUT2D eigenvalue weighted by atomic mass is 9.59. The van der Waals surface area contributed by atoms with Crippen molar-refractivity contribution in [2.45, 2.75) is 49.6 Å². The maximum absolute atomic E-state index is 14.9. The number of carbonyl (C=O) groups is 1. The minimum Gasteiger partial charge on any atom is -0.352 e. The molecular weight excluding hydrogens is 546 g/mol. The van der Waals surface area contributed by atoms with Gasteiger partial charge >= 0.3 is 0 Å². The molecule has 0 unspecified atom stereocenters. The fraction of sp³-hybridized carbons (Fsp3) is 0.375. The highest BCUT2D eigenvalue weighted by Crippen LogP contribution is 2.59. The highest BCUT2D eigenvalue weighted by Gasteiger charge is 2.55. The number of carbonyl (C=O) groups excluding carboxylic acids is 1. The number of benzene rings is 3. The maximum Gasteiger partial charge on any atom is 0.234 e. The molecule has 208 valence electrons. The van der Waals surface area contributed by atoms with Gasteiger partial charge in [0.15, 0.2) is 0 Å². The summed E-state index contributed by atoms with van der Waals surface area (Å²) in [6.07, 6.45) is 4.63. The molecule has 0 aliphatic carbocycles. The van der Waals surface area contributed by atoms with Crippen LogP contribution >= 0.6 is 23.2 Å². The zero-order valence-corrected chi connectivity index (χ0v) is 24.0. The zero-order valence-electron chi connectivity index (χ0n) is 22.5.